The second kappa shape index (κ2) is 7.57. The van der Waals surface area contributed by atoms with Crippen LogP contribution in [0.4, 0.5) is 0 Å². The van der Waals surface area contributed by atoms with Crippen LogP contribution in [-0.4, -0.2) is 0 Å². The number of benzene rings is 6. The summed E-state index contributed by atoms with van der Waals surface area (Å²) < 4.78 is 0. The van der Waals surface area contributed by atoms with Crippen molar-refractivity contribution >= 4 is 33.7 Å². The van der Waals surface area contributed by atoms with Crippen molar-refractivity contribution in [3.63, 3.8) is 0 Å². The highest BCUT2D eigenvalue weighted by atomic mass is 14.2. The van der Waals surface area contributed by atoms with Crippen LogP contribution >= 0.6 is 0 Å². The molecule has 0 saturated carbocycles. The molecule has 0 amide bonds. The standard InChI is InChI=1S/C20H12.C14H10/c1-3-7-15-13(5-1)11-19-17(15)9-10-18-16-8-4-2-6-14(16)12-20(18)19;1-2-6-12-10-14-8-4-3-7-13(14)9-11(12)5-1/h1-12H;1-10H. The summed E-state index contributed by atoms with van der Waals surface area (Å²) in [6, 6.07) is 43.2. The first-order valence-electron chi connectivity index (χ1n) is 11.8. The molecule has 0 atom stereocenters. The van der Waals surface area contributed by atoms with Crippen LogP contribution in [0.3, 0.4) is 0 Å². The van der Waals surface area contributed by atoms with Gasteiger partial charge in [-0.05, 0) is 89.6 Å². The van der Waals surface area contributed by atoms with Crippen LogP contribution < -0.4 is 10.4 Å². The van der Waals surface area contributed by atoms with E-state index < -0.39 is 0 Å². The van der Waals surface area contributed by atoms with Gasteiger partial charge in [-0.15, -0.1) is 0 Å². The fraction of sp³-hybridized carbons (Fsp3) is 0. The van der Waals surface area contributed by atoms with E-state index in [0.717, 1.165) is 0 Å². The van der Waals surface area contributed by atoms with Gasteiger partial charge in [-0.1, -0.05) is 109 Å². The van der Waals surface area contributed by atoms with Crippen molar-refractivity contribution in [2.45, 2.75) is 0 Å². The molecule has 0 spiro atoms. The molecule has 2 aliphatic carbocycles. The van der Waals surface area contributed by atoms with Gasteiger partial charge in [-0.3, -0.25) is 0 Å². The van der Waals surface area contributed by atoms with E-state index in [1.807, 2.05) is 0 Å². The number of rotatable bonds is 0. The van der Waals surface area contributed by atoms with E-state index in [2.05, 4.69) is 133 Å². The van der Waals surface area contributed by atoms with Gasteiger partial charge >= 0.3 is 0 Å². The van der Waals surface area contributed by atoms with Gasteiger partial charge in [-0.2, -0.15) is 0 Å². The van der Waals surface area contributed by atoms with E-state index >= 15 is 0 Å². The van der Waals surface area contributed by atoms with Crippen molar-refractivity contribution in [1.82, 2.24) is 0 Å². The van der Waals surface area contributed by atoms with Crippen molar-refractivity contribution in [3.05, 3.63) is 143 Å². The molecule has 0 nitrogen and oxygen atoms in total. The fourth-order valence-electron chi connectivity index (χ4n) is 5.35. The van der Waals surface area contributed by atoms with Gasteiger partial charge in [0, 0.05) is 0 Å². The summed E-state index contributed by atoms with van der Waals surface area (Å²) in [5.41, 5.74) is 8.11. The summed E-state index contributed by atoms with van der Waals surface area (Å²) >= 11 is 0. The normalized spacial score (nSPS) is 12.0. The largest absolute Gasteiger partial charge is 0.0616 e. The summed E-state index contributed by atoms with van der Waals surface area (Å²) in [5.74, 6) is 0. The molecule has 0 radical (unpaired) electrons. The van der Waals surface area contributed by atoms with E-state index in [9.17, 15) is 0 Å². The van der Waals surface area contributed by atoms with Crippen LogP contribution in [0.25, 0.3) is 56.0 Å². The highest BCUT2D eigenvalue weighted by molar-refractivity contribution is 5.98. The third kappa shape index (κ3) is 3.00. The summed E-state index contributed by atoms with van der Waals surface area (Å²) in [6.07, 6.45) is 4.65. The molecule has 8 rings (SSSR count). The number of fused-ring (bicyclic) bond motifs is 9. The minimum Gasteiger partial charge on any atom is -0.0616 e. The average Bonchev–Trinajstić information content (AvgIpc) is 3.46. The van der Waals surface area contributed by atoms with E-state index in [-0.39, 0.29) is 0 Å². The lowest BCUT2D eigenvalue weighted by atomic mass is 10.0. The molecule has 0 heteroatoms. The van der Waals surface area contributed by atoms with Crippen LogP contribution in [-0.2, 0) is 0 Å². The van der Waals surface area contributed by atoms with Crippen molar-refractivity contribution in [2.75, 3.05) is 0 Å². The zero-order valence-corrected chi connectivity index (χ0v) is 18.7. The molecule has 6 aromatic rings. The van der Waals surface area contributed by atoms with Crippen LogP contribution in [0.5, 0.6) is 0 Å². The van der Waals surface area contributed by atoms with E-state index in [1.54, 1.807) is 0 Å². The van der Waals surface area contributed by atoms with Crippen LogP contribution in [0.2, 0.25) is 0 Å². The third-order valence-corrected chi connectivity index (χ3v) is 7.00. The molecule has 34 heavy (non-hydrogen) atoms. The Morgan fingerprint density at radius 3 is 1.06 bits per heavy atom. The number of hydrogen-bond acceptors (Lipinski definition) is 0. The zero-order valence-electron chi connectivity index (χ0n) is 18.7. The first kappa shape index (κ1) is 19.1. The van der Waals surface area contributed by atoms with E-state index in [4.69, 9.17) is 0 Å². The topological polar surface area (TPSA) is 0 Å². The van der Waals surface area contributed by atoms with Gasteiger partial charge in [0.25, 0.3) is 0 Å². The molecule has 0 heterocycles. The molecule has 0 fully saturated rings. The fourth-order valence-corrected chi connectivity index (χ4v) is 5.35. The molecule has 0 N–H and O–H groups in total. The molecule has 0 aromatic heterocycles. The minimum absolute atomic E-state index is 1.31. The van der Waals surface area contributed by atoms with Gasteiger partial charge in [0.1, 0.15) is 0 Å². The Morgan fingerprint density at radius 1 is 0.294 bits per heavy atom. The highest BCUT2D eigenvalue weighted by Crippen LogP contribution is 2.30. The molecular weight excluding hydrogens is 408 g/mol. The maximum atomic E-state index is 2.33. The molecule has 2 aliphatic rings. The second-order valence-electron chi connectivity index (χ2n) is 9.00. The number of hydrogen-bond donors (Lipinski definition) is 0. The zero-order chi connectivity index (χ0) is 22.5. The minimum atomic E-state index is 1.31. The van der Waals surface area contributed by atoms with Gasteiger partial charge < -0.3 is 0 Å². The predicted octanol–water partition coefficient (Wildman–Crippen LogP) is 7.30. The lowest BCUT2D eigenvalue weighted by Crippen LogP contribution is -2.25. The molecule has 0 aliphatic heterocycles. The van der Waals surface area contributed by atoms with Crippen LogP contribution in [0.15, 0.2) is 121 Å². The van der Waals surface area contributed by atoms with Crippen LogP contribution in [0, 0.1) is 0 Å². The van der Waals surface area contributed by atoms with Crippen LogP contribution in [0.1, 0.15) is 11.1 Å². The summed E-state index contributed by atoms with van der Waals surface area (Å²) in [7, 11) is 0. The quantitative estimate of drug-likeness (QED) is 0.221. The molecule has 158 valence electrons. The van der Waals surface area contributed by atoms with Gasteiger partial charge in [-0.25, -0.2) is 0 Å². The van der Waals surface area contributed by atoms with E-state index in [0.29, 0.717) is 0 Å². The Labute approximate surface area is 198 Å². The van der Waals surface area contributed by atoms with E-state index in [1.165, 1.54) is 65.4 Å². The predicted molar refractivity (Wildman–Crippen MR) is 145 cm³/mol. The van der Waals surface area contributed by atoms with Gasteiger partial charge in [0.15, 0.2) is 0 Å². The Bertz CT molecular complexity index is 1670. The van der Waals surface area contributed by atoms with Crippen molar-refractivity contribution in [2.24, 2.45) is 0 Å². The lowest BCUT2D eigenvalue weighted by molar-refractivity contribution is 1.54. The maximum Gasteiger partial charge on any atom is -0.00926 e. The lowest BCUT2D eigenvalue weighted by Gasteiger charge is -2.03. The van der Waals surface area contributed by atoms with Crippen molar-refractivity contribution in [3.8, 4) is 22.3 Å². The molecule has 6 aromatic carbocycles. The monoisotopic (exact) mass is 430 g/mol. The van der Waals surface area contributed by atoms with Gasteiger partial charge in [0.2, 0.25) is 0 Å². The Balaban J connectivity index is 0.000000126. The SMILES string of the molecule is C1=c2c(ccc3c2=Cc2ccccc2-3)-c2ccccc21.c1ccc2cc3ccccc3cc2c1. The maximum absolute atomic E-state index is 2.33. The average molecular weight is 431 g/mol. The molecular formula is C34H22. The van der Waals surface area contributed by atoms with Crippen molar-refractivity contribution < 1.29 is 0 Å². The summed E-state index contributed by atoms with van der Waals surface area (Å²) in [6.45, 7) is 0. The Kier molecular flexibility index (Phi) is 4.25. The molecule has 0 saturated heterocycles. The smallest absolute Gasteiger partial charge is 0.00926 e. The first-order valence-corrected chi connectivity index (χ1v) is 11.8. The van der Waals surface area contributed by atoms with Crippen molar-refractivity contribution in [1.29, 1.82) is 0 Å². The second-order valence-corrected chi connectivity index (χ2v) is 9.00. The molecule has 0 unspecified atom stereocenters. The summed E-state index contributed by atoms with van der Waals surface area (Å²) in [4.78, 5) is 0. The summed E-state index contributed by atoms with van der Waals surface area (Å²) in [5, 5.41) is 8.00. The van der Waals surface area contributed by atoms with Gasteiger partial charge in [0.05, 0.1) is 0 Å². The Hall–Kier alpha value is -4.42. The highest BCUT2D eigenvalue weighted by Gasteiger charge is 2.17. The Morgan fingerprint density at radius 2 is 0.647 bits per heavy atom. The molecule has 0 bridgehead atoms. The first-order chi connectivity index (χ1) is 16.8. The third-order valence-electron chi connectivity index (χ3n) is 7.00.